The minimum atomic E-state index is 0.897. The SMILES string of the molecule is Cc1ccccc1-c1cc(Cc2cc(C3=C(Cc4ccc(-c5ccccc5)cc4)C=CCC3)c(C)c3c2-c2ccccc2B3)ccc1Cc1ccccc1. The van der Waals surface area contributed by atoms with Crippen LogP contribution in [0.4, 0.5) is 0 Å². The van der Waals surface area contributed by atoms with Gasteiger partial charge in [0.2, 0.25) is 0 Å². The minimum Gasteiger partial charge on any atom is -0.0839 e. The third kappa shape index (κ3) is 6.72. The van der Waals surface area contributed by atoms with E-state index in [1.165, 1.54) is 100.0 Å². The Labute approximate surface area is 321 Å². The van der Waals surface area contributed by atoms with E-state index < -0.39 is 0 Å². The van der Waals surface area contributed by atoms with Crippen LogP contribution in [0, 0.1) is 13.8 Å². The number of hydrogen-bond donors (Lipinski definition) is 0. The largest absolute Gasteiger partial charge is 0.194 e. The van der Waals surface area contributed by atoms with Crippen molar-refractivity contribution in [2.75, 3.05) is 0 Å². The maximum Gasteiger partial charge on any atom is 0.194 e. The fourth-order valence-electron chi connectivity index (χ4n) is 8.92. The summed E-state index contributed by atoms with van der Waals surface area (Å²) >= 11 is 0. The molecule has 260 valence electrons. The molecule has 0 N–H and O–H groups in total. The molecule has 0 aromatic heterocycles. The second-order valence-corrected chi connectivity index (χ2v) is 15.2. The lowest BCUT2D eigenvalue weighted by molar-refractivity contribution is 1.01. The van der Waals surface area contributed by atoms with E-state index in [4.69, 9.17) is 0 Å². The zero-order valence-corrected chi connectivity index (χ0v) is 31.4. The Hall–Kier alpha value is -5.92. The average molecular weight is 693 g/mol. The van der Waals surface area contributed by atoms with E-state index in [9.17, 15) is 0 Å². The van der Waals surface area contributed by atoms with Crippen LogP contribution in [0.3, 0.4) is 0 Å². The van der Waals surface area contributed by atoms with Gasteiger partial charge in [-0.15, -0.1) is 0 Å². The van der Waals surface area contributed by atoms with Gasteiger partial charge in [0.05, 0.1) is 0 Å². The smallest absolute Gasteiger partial charge is 0.0839 e. The highest BCUT2D eigenvalue weighted by atomic mass is 14.3. The van der Waals surface area contributed by atoms with Crippen LogP contribution in [0.2, 0.25) is 0 Å². The molecule has 1 aliphatic heterocycles. The van der Waals surface area contributed by atoms with Gasteiger partial charge in [-0.2, -0.15) is 0 Å². The first kappa shape index (κ1) is 33.9. The first-order chi connectivity index (χ1) is 26.6. The normalized spacial score (nSPS) is 13.1. The van der Waals surface area contributed by atoms with Crippen LogP contribution in [0.15, 0.2) is 175 Å². The highest BCUT2D eigenvalue weighted by Crippen LogP contribution is 2.38. The Morgan fingerprint density at radius 3 is 1.94 bits per heavy atom. The van der Waals surface area contributed by atoms with Crippen LogP contribution >= 0.6 is 0 Å². The Balaban J connectivity index is 1.13. The maximum absolute atomic E-state index is 2.58. The lowest BCUT2D eigenvalue weighted by Gasteiger charge is -2.23. The Morgan fingerprint density at radius 1 is 0.500 bits per heavy atom. The van der Waals surface area contributed by atoms with E-state index in [2.05, 4.69) is 184 Å². The summed E-state index contributed by atoms with van der Waals surface area (Å²) in [5.74, 6) is 0. The van der Waals surface area contributed by atoms with Crippen LogP contribution in [0.1, 0.15) is 57.3 Å². The number of fused-ring (bicyclic) bond motifs is 3. The predicted octanol–water partition coefficient (Wildman–Crippen LogP) is 11.5. The summed E-state index contributed by atoms with van der Waals surface area (Å²) in [6, 6.07) is 58.6. The molecule has 1 aliphatic carbocycles. The molecule has 0 unspecified atom stereocenters. The fourth-order valence-corrected chi connectivity index (χ4v) is 8.92. The summed E-state index contributed by atoms with van der Waals surface area (Å²) in [5, 5.41) is 0. The summed E-state index contributed by atoms with van der Waals surface area (Å²) in [6.07, 6.45) is 9.70. The van der Waals surface area contributed by atoms with Gasteiger partial charge >= 0.3 is 0 Å². The van der Waals surface area contributed by atoms with Crippen LogP contribution in [-0.2, 0) is 19.3 Å². The number of hydrogen-bond acceptors (Lipinski definition) is 0. The monoisotopic (exact) mass is 692 g/mol. The van der Waals surface area contributed by atoms with E-state index in [-0.39, 0.29) is 0 Å². The molecule has 9 rings (SSSR count). The van der Waals surface area contributed by atoms with Crippen molar-refractivity contribution in [3.8, 4) is 33.4 Å². The van der Waals surface area contributed by atoms with Gasteiger partial charge in [0.25, 0.3) is 0 Å². The zero-order valence-electron chi connectivity index (χ0n) is 31.4. The molecule has 0 atom stereocenters. The predicted molar refractivity (Wildman–Crippen MR) is 233 cm³/mol. The van der Waals surface area contributed by atoms with E-state index in [1.807, 2.05) is 0 Å². The lowest BCUT2D eigenvalue weighted by atomic mass is 9.65. The molecule has 0 fully saturated rings. The first-order valence-electron chi connectivity index (χ1n) is 19.6. The van der Waals surface area contributed by atoms with E-state index >= 15 is 0 Å². The molecule has 7 aromatic carbocycles. The molecule has 0 amide bonds. The van der Waals surface area contributed by atoms with Gasteiger partial charge in [-0.05, 0) is 135 Å². The van der Waals surface area contributed by atoms with Crippen LogP contribution in [0.25, 0.3) is 39.0 Å². The summed E-state index contributed by atoms with van der Waals surface area (Å²) in [7, 11) is 1.00. The van der Waals surface area contributed by atoms with Crippen molar-refractivity contribution in [1.82, 2.24) is 0 Å². The van der Waals surface area contributed by atoms with Crippen molar-refractivity contribution in [2.24, 2.45) is 0 Å². The topological polar surface area (TPSA) is 0 Å². The van der Waals surface area contributed by atoms with Gasteiger partial charge in [0.1, 0.15) is 0 Å². The summed E-state index contributed by atoms with van der Waals surface area (Å²) in [4.78, 5) is 0. The molecule has 0 radical (unpaired) electrons. The molecule has 0 spiro atoms. The van der Waals surface area contributed by atoms with Gasteiger partial charge in [-0.1, -0.05) is 181 Å². The zero-order chi connectivity index (χ0) is 36.4. The number of rotatable bonds is 9. The van der Waals surface area contributed by atoms with Gasteiger partial charge in [0, 0.05) is 0 Å². The van der Waals surface area contributed by atoms with Gasteiger partial charge in [-0.3, -0.25) is 0 Å². The van der Waals surface area contributed by atoms with Crippen molar-refractivity contribution in [2.45, 2.75) is 46.0 Å². The van der Waals surface area contributed by atoms with Gasteiger partial charge in [0.15, 0.2) is 7.28 Å². The van der Waals surface area contributed by atoms with Crippen molar-refractivity contribution >= 4 is 23.8 Å². The quantitative estimate of drug-likeness (QED) is 0.132. The Morgan fingerprint density at radius 2 is 1.15 bits per heavy atom. The molecule has 1 heteroatoms. The van der Waals surface area contributed by atoms with Crippen LogP contribution in [-0.4, -0.2) is 7.28 Å². The van der Waals surface area contributed by atoms with Gasteiger partial charge < -0.3 is 0 Å². The minimum absolute atomic E-state index is 0.897. The molecular weight excluding hydrogens is 647 g/mol. The molecule has 0 nitrogen and oxygen atoms in total. The summed E-state index contributed by atoms with van der Waals surface area (Å²) in [5.41, 5.74) is 25.1. The van der Waals surface area contributed by atoms with Gasteiger partial charge in [-0.25, -0.2) is 0 Å². The number of allylic oxidation sites excluding steroid dienone is 4. The average Bonchev–Trinajstić information content (AvgIpc) is 3.62. The van der Waals surface area contributed by atoms with E-state index in [0.717, 1.165) is 39.4 Å². The standard InChI is InChI=1S/C53H45B/c1-36-15-9-11-21-46(36)50-34-40(27-30-44(50)31-38-16-5-3-6-17-38)33-45-35-49(37(2)53-52(45)48-23-13-14-24-51(48)54-53)47-22-12-10-20-43(47)32-39-25-28-42(29-26-39)41-18-7-4-8-19-41/h3-11,13-21,23-30,34-35,54H,12,22,31-33H2,1-2H3. The summed E-state index contributed by atoms with van der Waals surface area (Å²) < 4.78 is 0. The van der Waals surface area contributed by atoms with Crippen molar-refractivity contribution in [3.05, 3.63) is 220 Å². The highest BCUT2D eigenvalue weighted by molar-refractivity contribution is 6.74. The third-order valence-corrected chi connectivity index (χ3v) is 11.7. The Bertz CT molecular complexity index is 2530. The molecule has 0 saturated carbocycles. The second-order valence-electron chi connectivity index (χ2n) is 15.2. The maximum atomic E-state index is 2.58. The highest BCUT2D eigenvalue weighted by Gasteiger charge is 2.27. The molecule has 2 aliphatic rings. The number of benzene rings is 7. The van der Waals surface area contributed by atoms with Crippen LogP contribution in [0.5, 0.6) is 0 Å². The molecule has 7 aromatic rings. The van der Waals surface area contributed by atoms with Crippen molar-refractivity contribution in [3.63, 3.8) is 0 Å². The summed E-state index contributed by atoms with van der Waals surface area (Å²) in [6.45, 7) is 4.63. The first-order valence-corrected chi connectivity index (χ1v) is 19.6. The van der Waals surface area contributed by atoms with Crippen molar-refractivity contribution in [1.29, 1.82) is 0 Å². The lowest BCUT2D eigenvalue weighted by Crippen LogP contribution is -2.25. The molecule has 54 heavy (non-hydrogen) atoms. The Kier molecular flexibility index (Phi) is 9.31. The van der Waals surface area contributed by atoms with E-state index in [0.29, 0.717) is 0 Å². The van der Waals surface area contributed by atoms with Crippen LogP contribution < -0.4 is 10.9 Å². The molecule has 0 bridgehead atoms. The fraction of sp³-hybridized carbons (Fsp3) is 0.132. The number of aryl methyl sites for hydroxylation is 1. The molecule has 0 saturated heterocycles. The second kappa shape index (κ2) is 14.8. The molecular formula is C53H45B. The third-order valence-electron chi connectivity index (χ3n) is 11.7. The van der Waals surface area contributed by atoms with Crippen molar-refractivity contribution < 1.29 is 0 Å². The van der Waals surface area contributed by atoms with E-state index in [1.54, 1.807) is 0 Å². The molecule has 1 heterocycles.